The van der Waals surface area contributed by atoms with E-state index < -0.39 is 5.56 Å². The van der Waals surface area contributed by atoms with Crippen LogP contribution < -0.4 is 15.7 Å². The fourth-order valence-electron chi connectivity index (χ4n) is 2.55. The zero-order valence-electron chi connectivity index (χ0n) is 13.4. The predicted molar refractivity (Wildman–Crippen MR) is 103 cm³/mol. The summed E-state index contributed by atoms with van der Waals surface area (Å²) < 4.78 is 1.66. The fourth-order valence-corrected chi connectivity index (χ4v) is 3.58. The Kier molecular flexibility index (Phi) is 4.36. The molecule has 0 saturated heterocycles. The molecule has 0 amide bonds. The van der Waals surface area contributed by atoms with Gasteiger partial charge in [-0.2, -0.15) is 14.6 Å². The minimum absolute atomic E-state index is 0.252. The Labute approximate surface area is 156 Å². The van der Waals surface area contributed by atoms with Gasteiger partial charge in [0.1, 0.15) is 5.69 Å². The molecule has 2 aromatic heterocycles. The molecule has 0 aliphatic rings. The van der Waals surface area contributed by atoms with Gasteiger partial charge in [0.15, 0.2) is 0 Å². The quantitative estimate of drug-likeness (QED) is 0.546. The maximum atomic E-state index is 12.6. The summed E-state index contributed by atoms with van der Waals surface area (Å²) in [6.07, 6.45) is 2.07. The molecule has 128 valence electrons. The van der Waals surface area contributed by atoms with Crippen LogP contribution in [-0.4, -0.2) is 14.6 Å². The summed E-state index contributed by atoms with van der Waals surface area (Å²) >= 11 is 7.02. The molecule has 7 heteroatoms. The minimum Gasteiger partial charge on any atom is -0.266 e. The van der Waals surface area contributed by atoms with Gasteiger partial charge in [-0.15, -0.1) is 0 Å². The number of thiazole rings is 1. The van der Waals surface area contributed by atoms with E-state index >= 15 is 0 Å². The molecule has 0 N–H and O–H groups in total. The van der Waals surface area contributed by atoms with Crippen LogP contribution in [0.15, 0.2) is 64.2 Å². The van der Waals surface area contributed by atoms with Crippen molar-refractivity contribution in [1.29, 1.82) is 0 Å². The first-order valence-corrected chi connectivity index (χ1v) is 9.03. The van der Waals surface area contributed by atoms with Gasteiger partial charge in [-0.25, -0.2) is 0 Å². The summed E-state index contributed by atoms with van der Waals surface area (Å²) in [6.45, 7) is 0. The van der Waals surface area contributed by atoms with Gasteiger partial charge < -0.3 is 0 Å². The lowest BCUT2D eigenvalue weighted by molar-refractivity contribution is 0.811. The van der Waals surface area contributed by atoms with E-state index in [4.69, 9.17) is 11.6 Å². The summed E-state index contributed by atoms with van der Waals surface area (Å²) in [6, 6.07) is 16.6. The van der Waals surface area contributed by atoms with Crippen LogP contribution in [-0.2, 0) is 6.42 Å². The van der Waals surface area contributed by atoms with Gasteiger partial charge >= 0.3 is 0 Å². The summed E-state index contributed by atoms with van der Waals surface area (Å²) in [4.78, 5) is 29.2. The maximum absolute atomic E-state index is 12.6. The SMILES string of the molecule is O=c1nc2s/c(=C/c3ccc(Cl)cc3)c(=O)n2nc1Cc1ccccc1. The third kappa shape index (κ3) is 3.29. The van der Waals surface area contributed by atoms with E-state index in [1.54, 1.807) is 18.2 Å². The van der Waals surface area contributed by atoms with Gasteiger partial charge in [0.25, 0.3) is 11.1 Å². The van der Waals surface area contributed by atoms with Crippen molar-refractivity contribution >= 4 is 34.0 Å². The second-order valence-electron chi connectivity index (χ2n) is 5.69. The second kappa shape index (κ2) is 6.82. The van der Waals surface area contributed by atoms with E-state index in [0.717, 1.165) is 22.5 Å². The molecule has 0 radical (unpaired) electrons. The number of nitrogens with zero attached hydrogens (tertiary/aromatic N) is 3. The molecule has 0 spiro atoms. The maximum Gasteiger partial charge on any atom is 0.296 e. The van der Waals surface area contributed by atoms with E-state index in [9.17, 15) is 9.59 Å². The van der Waals surface area contributed by atoms with Gasteiger partial charge in [-0.1, -0.05) is 65.4 Å². The molecular formula is C19H12ClN3O2S. The number of fused-ring (bicyclic) bond motifs is 1. The zero-order chi connectivity index (χ0) is 18.1. The molecule has 0 aliphatic carbocycles. The van der Waals surface area contributed by atoms with Crippen LogP contribution in [0.2, 0.25) is 5.02 Å². The van der Waals surface area contributed by atoms with Crippen molar-refractivity contribution in [3.8, 4) is 0 Å². The van der Waals surface area contributed by atoms with Crippen molar-refractivity contribution in [1.82, 2.24) is 14.6 Å². The normalized spacial score (nSPS) is 12.0. The van der Waals surface area contributed by atoms with Crippen molar-refractivity contribution < 1.29 is 0 Å². The molecule has 2 aromatic carbocycles. The molecule has 4 rings (SSSR count). The third-order valence-corrected chi connectivity index (χ3v) is 5.04. The zero-order valence-corrected chi connectivity index (χ0v) is 15.0. The lowest BCUT2D eigenvalue weighted by Crippen LogP contribution is -2.28. The molecule has 0 aliphatic heterocycles. The topological polar surface area (TPSA) is 64.3 Å². The molecule has 4 aromatic rings. The smallest absolute Gasteiger partial charge is 0.266 e. The molecule has 26 heavy (non-hydrogen) atoms. The van der Waals surface area contributed by atoms with Gasteiger partial charge in [0, 0.05) is 11.4 Å². The molecule has 5 nitrogen and oxygen atoms in total. The van der Waals surface area contributed by atoms with E-state index in [1.165, 1.54) is 4.52 Å². The highest BCUT2D eigenvalue weighted by atomic mass is 35.5. The number of rotatable bonds is 3. The van der Waals surface area contributed by atoms with Gasteiger partial charge in [0.2, 0.25) is 4.96 Å². The highest BCUT2D eigenvalue weighted by molar-refractivity contribution is 7.15. The van der Waals surface area contributed by atoms with Crippen molar-refractivity contribution in [2.24, 2.45) is 0 Å². The van der Waals surface area contributed by atoms with E-state index in [1.807, 2.05) is 42.5 Å². The lowest BCUT2D eigenvalue weighted by atomic mass is 10.1. The largest absolute Gasteiger partial charge is 0.296 e. The minimum atomic E-state index is -0.409. The summed E-state index contributed by atoms with van der Waals surface area (Å²) in [5, 5.41) is 4.87. The average molecular weight is 382 g/mol. The number of hydrogen-bond acceptors (Lipinski definition) is 5. The molecule has 2 heterocycles. The Morgan fingerprint density at radius 2 is 1.77 bits per heavy atom. The molecule has 0 atom stereocenters. The highest BCUT2D eigenvalue weighted by Gasteiger charge is 2.11. The van der Waals surface area contributed by atoms with Crippen molar-refractivity contribution in [2.45, 2.75) is 6.42 Å². The third-order valence-electron chi connectivity index (χ3n) is 3.83. The van der Waals surface area contributed by atoms with Crippen LogP contribution in [0, 0.1) is 0 Å². The molecule has 0 bridgehead atoms. The number of halogens is 1. The predicted octanol–water partition coefficient (Wildman–Crippen LogP) is 2.30. The van der Waals surface area contributed by atoms with Crippen molar-refractivity contribution in [3.63, 3.8) is 0 Å². The summed E-state index contributed by atoms with van der Waals surface area (Å²) in [5.74, 6) is 0. The lowest BCUT2D eigenvalue weighted by Gasteiger charge is -1.99. The molecule has 0 saturated carbocycles. The highest BCUT2D eigenvalue weighted by Crippen LogP contribution is 2.10. The van der Waals surface area contributed by atoms with Crippen LogP contribution in [0.25, 0.3) is 11.0 Å². The van der Waals surface area contributed by atoms with Gasteiger partial charge in [-0.05, 0) is 29.3 Å². The molecule has 0 unspecified atom stereocenters. The first-order valence-electron chi connectivity index (χ1n) is 7.84. The van der Waals surface area contributed by atoms with Gasteiger partial charge in [0.05, 0.1) is 4.53 Å². The Morgan fingerprint density at radius 3 is 2.50 bits per heavy atom. The Bertz CT molecular complexity index is 1250. The fraction of sp³-hybridized carbons (Fsp3) is 0.0526. The number of aromatic nitrogens is 3. The van der Waals surface area contributed by atoms with Crippen LogP contribution in [0.3, 0.4) is 0 Å². The van der Waals surface area contributed by atoms with Crippen LogP contribution in [0.1, 0.15) is 16.8 Å². The summed E-state index contributed by atoms with van der Waals surface area (Å²) in [5.41, 5.74) is 1.33. The van der Waals surface area contributed by atoms with Crippen molar-refractivity contribution in [2.75, 3.05) is 0 Å². The number of benzene rings is 2. The van der Waals surface area contributed by atoms with Crippen molar-refractivity contribution in [3.05, 3.63) is 102 Å². The molecule has 0 fully saturated rings. The Morgan fingerprint density at radius 1 is 1.04 bits per heavy atom. The average Bonchev–Trinajstić information content (AvgIpc) is 2.93. The molecular weight excluding hydrogens is 370 g/mol. The summed E-state index contributed by atoms with van der Waals surface area (Å²) in [7, 11) is 0. The van der Waals surface area contributed by atoms with Crippen LogP contribution >= 0.6 is 22.9 Å². The van der Waals surface area contributed by atoms with E-state index in [2.05, 4.69) is 10.1 Å². The van der Waals surface area contributed by atoms with Crippen LogP contribution in [0.5, 0.6) is 0 Å². The first kappa shape index (κ1) is 16.6. The standard InChI is InChI=1S/C19H12ClN3O2S/c20-14-8-6-13(7-9-14)11-16-18(25)23-19(26-16)21-17(24)15(22-23)10-12-4-2-1-3-5-12/h1-9,11H,10H2/b16-11+. The Balaban J connectivity index is 1.81. The van der Waals surface area contributed by atoms with E-state index in [0.29, 0.717) is 16.0 Å². The number of hydrogen-bond donors (Lipinski definition) is 0. The second-order valence-corrected chi connectivity index (χ2v) is 7.13. The van der Waals surface area contributed by atoms with E-state index in [-0.39, 0.29) is 16.2 Å². The monoisotopic (exact) mass is 381 g/mol. The van der Waals surface area contributed by atoms with Crippen LogP contribution in [0.4, 0.5) is 0 Å². The Hall–Kier alpha value is -2.83. The first-order chi connectivity index (χ1) is 12.6. The van der Waals surface area contributed by atoms with Gasteiger partial charge in [-0.3, -0.25) is 9.59 Å².